The Labute approximate surface area is 61.4 Å². The van der Waals surface area contributed by atoms with Gasteiger partial charge in [0.2, 0.25) is 0 Å². The van der Waals surface area contributed by atoms with Crippen molar-refractivity contribution in [2.45, 2.75) is 13.8 Å². The Morgan fingerprint density at radius 3 is 2.40 bits per heavy atom. The summed E-state index contributed by atoms with van der Waals surface area (Å²) in [6.45, 7) is 7.15. The number of allylic oxidation sites excluding steroid dienone is 3. The van der Waals surface area contributed by atoms with Gasteiger partial charge in [-0.05, 0) is 26.0 Å². The van der Waals surface area contributed by atoms with E-state index >= 15 is 0 Å². The fourth-order valence-corrected chi connectivity index (χ4v) is 0.506. The molecular formula is C8H13NO. The maximum atomic E-state index is 9.00. The molecule has 0 aliphatic rings. The van der Waals surface area contributed by atoms with Gasteiger partial charge < -0.3 is 10.8 Å². The molecule has 0 bridgehead atoms. The standard InChI is InChI=1S/C8H13NO/c1-4-8(10)7(9)5-6(2)3/h4-5,10H,2,9H2,1,3H3/b7-5+,8-4+. The first kappa shape index (κ1) is 8.82. The molecule has 56 valence electrons. The highest BCUT2D eigenvalue weighted by atomic mass is 16.3. The Hall–Kier alpha value is -1.18. The van der Waals surface area contributed by atoms with Crippen LogP contribution in [0.4, 0.5) is 0 Å². The van der Waals surface area contributed by atoms with E-state index in [1.807, 2.05) is 6.92 Å². The first-order chi connectivity index (χ1) is 4.57. The van der Waals surface area contributed by atoms with Gasteiger partial charge in [0.15, 0.2) is 0 Å². The fraction of sp³-hybridized carbons (Fsp3) is 0.250. The molecule has 10 heavy (non-hydrogen) atoms. The smallest absolute Gasteiger partial charge is 0.134 e. The molecule has 3 N–H and O–H groups in total. The van der Waals surface area contributed by atoms with Gasteiger partial charge in [-0.15, -0.1) is 0 Å². The molecule has 0 aromatic rings. The van der Waals surface area contributed by atoms with Crippen molar-refractivity contribution < 1.29 is 5.11 Å². The molecule has 0 amide bonds. The maximum Gasteiger partial charge on any atom is 0.134 e. The molecule has 2 heteroatoms. The summed E-state index contributed by atoms with van der Waals surface area (Å²) >= 11 is 0. The highest BCUT2D eigenvalue weighted by molar-refractivity contribution is 5.28. The van der Waals surface area contributed by atoms with E-state index in [4.69, 9.17) is 10.8 Å². The fourth-order valence-electron chi connectivity index (χ4n) is 0.506. The van der Waals surface area contributed by atoms with Crippen LogP contribution in [0.1, 0.15) is 13.8 Å². The normalized spacial score (nSPS) is 13.4. The van der Waals surface area contributed by atoms with Crippen LogP contribution in [0.5, 0.6) is 0 Å². The van der Waals surface area contributed by atoms with Crippen LogP contribution in [0, 0.1) is 0 Å². The van der Waals surface area contributed by atoms with Crippen molar-refractivity contribution in [3.05, 3.63) is 35.8 Å². The lowest BCUT2D eigenvalue weighted by Crippen LogP contribution is -2.00. The second-order valence-corrected chi connectivity index (χ2v) is 2.12. The molecule has 0 rings (SSSR count). The SMILES string of the molecule is C=C(C)/C=C(N)\C(O)=C/C. The van der Waals surface area contributed by atoms with Gasteiger partial charge in [0.05, 0.1) is 5.70 Å². The van der Waals surface area contributed by atoms with E-state index in [9.17, 15) is 0 Å². The second-order valence-electron chi connectivity index (χ2n) is 2.12. The summed E-state index contributed by atoms with van der Waals surface area (Å²) in [7, 11) is 0. The Bertz CT molecular complexity index is 189. The molecule has 0 saturated heterocycles. The summed E-state index contributed by atoms with van der Waals surface area (Å²) in [5.74, 6) is 0.100. The number of hydrogen-bond donors (Lipinski definition) is 2. The predicted molar refractivity (Wildman–Crippen MR) is 43.5 cm³/mol. The zero-order chi connectivity index (χ0) is 8.15. The van der Waals surface area contributed by atoms with Crippen molar-refractivity contribution in [1.82, 2.24) is 0 Å². The van der Waals surface area contributed by atoms with Crippen LogP contribution in [-0.4, -0.2) is 5.11 Å². The highest BCUT2D eigenvalue weighted by Gasteiger charge is 1.92. The Morgan fingerprint density at radius 2 is 2.10 bits per heavy atom. The van der Waals surface area contributed by atoms with Gasteiger partial charge in [-0.2, -0.15) is 0 Å². The zero-order valence-corrected chi connectivity index (χ0v) is 6.39. The lowest BCUT2D eigenvalue weighted by atomic mass is 10.2. The van der Waals surface area contributed by atoms with Crippen molar-refractivity contribution in [2.24, 2.45) is 5.73 Å². The summed E-state index contributed by atoms with van der Waals surface area (Å²) in [5, 5.41) is 9.00. The average molecular weight is 139 g/mol. The monoisotopic (exact) mass is 139 g/mol. The van der Waals surface area contributed by atoms with Gasteiger partial charge in [0.25, 0.3) is 0 Å². The number of aliphatic hydroxyl groups excluding tert-OH is 1. The van der Waals surface area contributed by atoms with E-state index < -0.39 is 0 Å². The van der Waals surface area contributed by atoms with Gasteiger partial charge in [-0.3, -0.25) is 0 Å². The van der Waals surface area contributed by atoms with Crippen LogP contribution in [0.25, 0.3) is 0 Å². The molecule has 0 aromatic heterocycles. The van der Waals surface area contributed by atoms with Crippen LogP contribution >= 0.6 is 0 Å². The largest absolute Gasteiger partial charge is 0.506 e. The Balaban J connectivity index is 4.35. The molecule has 0 spiro atoms. The molecule has 0 aliphatic carbocycles. The molecule has 2 nitrogen and oxygen atoms in total. The van der Waals surface area contributed by atoms with Gasteiger partial charge in [-0.1, -0.05) is 12.2 Å². The van der Waals surface area contributed by atoms with Crippen LogP contribution in [0.2, 0.25) is 0 Å². The van der Waals surface area contributed by atoms with E-state index in [0.717, 1.165) is 5.57 Å². The third-order valence-electron chi connectivity index (χ3n) is 0.971. The van der Waals surface area contributed by atoms with Gasteiger partial charge in [-0.25, -0.2) is 0 Å². The molecule has 0 heterocycles. The molecule has 0 saturated carbocycles. The van der Waals surface area contributed by atoms with Crippen molar-refractivity contribution in [3.63, 3.8) is 0 Å². The van der Waals surface area contributed by atoms with E-state index in [1.165, 1.54) is 6.08 Å². The Kier molecular flexibility index (Phi) is 3.33. The number of hydrogen-bond acceptors (Lipinski definition) is 2. The first-order valence-corrected chi connectivity index (χ1v) is 3.06. The van der Waals surface area contributed by atoms with E-state index in [1.54, 1.807) is 13.0 Å². The van der Waals surface area contributed by atoms with Gasteiger partial charge in [0, 0.05) is 0 Å². The van der Waals surface area contributed by atoms with E-state index in [-0.39, 0.29) is 5.76 Å². The van der Waals surface area contributed by atoms with Crippen molar-refractivity contribution in [3.8, 4) is 0 Å². The molecule has 0 unspecified atom stereocenters. The topological polar surface area (TPSA) is 46.2 Å². The van der Waals surface area contributed by atoms with Crippen molar-refractivity contribution >= 4 is 0 Å². The first-order valence-electron chi connectivity index (χ1n) is 3.06. The highest BCUT2D eigenvalue weighted by Crippen LogP contribution is 2.01. The minimum atomic E-state index is 0.100. The quantitative estimate of drug-likeness (QED) is 0.453. The molecule has 0 atom stereocenters. The van der Waals surface area contributed by atoms with Crippen molar-refractivity contribution in [2.75, 3.05) is 0 Å². The van der Waals surface area contributed by atoms with E-state index in [2.05, 4.69) is 6.58 Å². The average Bonchev–Trinajstić information content (AvgIpc) is 1.85. The summed E-state index contributed by atoms with van der Waals surface area (Å²) in [6, 6.07) is 0. The molecule has 0 aromatic carbocycles. The Morgan fingerprint density at radius 1 is 1.60 bits per heavy atom. The molecule has 0 radical (unpaired) electrons. The molecular weight excluding hydrogens is 126 g/mol. The molecule has 0 fully saturated rings. The third-order valence-corrected chi connectivity index (χ3v) is 0.971. The van der Waals surface area contributed by atoms with Crippen LogP contribution in [-0.2, 0) is 0 Å². The summed E-state index contributed by atoms with van der Waals surface area (Å²) < 4.78 is 0. The number of aliphatic hydroxyl groups is 1. The zero-order valence-electron chi connectivity index (χ0n) is 6.39. The lowest BCUT2D eigenvalue weighted by molar-refractivity contribution is 0.421. The van der Waals surface area contributed by atoms with Gasteiger partial charge in [0.1, 0.15) is 5.76 Å². The summed E-state index contributed by atoms with van der Waals surface area (Å²) in [6.07, 6.45) is 3.16. The van der Waals surface area contributed by atoms with Crippen LogP contribution in [0.3, 0.4) is 0 Å². The van der Waals surface area contributed by atoms with Gasteiger partial charge >= 0.3 is 0 Å². The third kappa shape index (κ3) is 2.97. The lowest BCUT2D eigenvalue weighted by Gasteiger charge is -1.97. The number of rotatable bonds is 2. The van der Waals surface area contributed by atoms with Crippen LogP contribution < -0.4 is 5.73 Å². The second kappa shape index (κ2) is 3.77. The minimum absolute atomic E-state index is 0.100. The van der Waals surface area contributed by atoms with Crippen molar-refractivity contribution in [1.29, 1.82) is 0 Å². The molecule has 0 aliphatic heterocycles. The van der Waals surface area contributed by atoms with Crippen LogP contribution in [0.15, 0.2) is 35.8 Å². The predicted octanol–water partition coefficient (Wildman–Crippen LogP) is 1.87. The summed E-state index contributed by atoms with van der Waals surface area (Å²) in [5.41, 5.74) is 6.59. The number of nitrogens with two attached hydrogens (primary N) is 1. The summed E-state index contributed by atoms with van der Waals surface area (Å²) in [4.78, 5) is 0. The minimum Gasteiger partial charge on any atom is -0.506 e. The maximum absolute atomic E-state index is 9.00. The van der Waals surface area contributed by atoms with E-state index in [0.29, 0.717) is 5.70 Å².